The Morgan fingerprint density at radius 2 is 2.16 bits per heavy atom. The maximum atomic E-state index is 10.9. The largest absolute Gasteiger partial charge is 0.491 e. The summed E-state index contributed by atoms with van der Waals surface area (Å²) in [5.74, 6) is 1.38. The van der Waals surface area contributed by atoms with Crippen LogP contribution in [-0.4, -0.2) is 17.6 Å². The van der Waals surface area contributed by atoms with Crippen molar-refractivity contribution >= 4 is 11.4 Å². The second-order valence-electron chi connectivity index (χ2n) is 5.30. The summed E-state index contributed by atoms with van der Waals surface area (Å²) in [6, 6.07) is 4.84. The van der Waals surface area contributed by atoms with Crippen molar-refractivity contribution in [2.24, 2.45) is 5.92 Å². The van der Waals surface area contributed by atoms with Gasteiger partial charge in [-0.05, 0) is 26.2 Å². The third-order valence-corrected chi connectivity index (χ3v) is 3.05. The quantitative estimate of drug-likeness (QED) is 0.603. The summed E-state index contributed by atoms with van der Waals surface area (Å²) >= 11 is 0. The Morgan fingerprint density at radius 3 is 2.74 bits per heavy atom. The van der Waals surface area contributed by atoms with Gasteiger partial charge in [-0.1, -0.05) is 12.8 Å². The number of hydrogen-bond acceptors (Lipinski definition) is 4. The van der Waals surface area contributed by atoms with Crippen LogP contribution in [0.5, 0.6) is 5.75 Å². The minimum Gasteiger partial charge on any atom is -0.491 e. The van der Waals surface area contributed by atoms with Gasteiger partial charge in [0.2, 0.25) is 0 Å². The lowest BCUT2D eigenvalue weighted by Crippen LogP contribution is -2.07. The molecular formula is C14H20N2O3. The van der Waals surface area contributed by atoms with E-state index >= 15 is 0 Å². The lowest BCUT2D eigenvalue weighted by Gasteiger charge is -2.12. The molecule has 0 spiro atoms. The molecule has 5 nitrogen and oxygen atoms in total. The number of nitro benzene ring substituents is 1. The molecule has 1 aliphatic rings. The fraction of sp³-hybridized carbons (Fsp3) is 0.571. The van der Waals surface area contributed by atoms with Gasteiger partial charge in [-0.3, -0.25) is 10.1 Å². The van der Waals surface area contributed by atoms with Gasteiger partial charge in [0.25, 0.3) is 5.69 Å². The average Bonchev–Trinajstić information content (AvgIpc) is 3.11. The Hall–Kier alpha value is -1.78. The molecule has 19 heavy (non-hydrogen) atoms. The van der Waals surface area contributed by atoms with E-state index in [1.807, 2.05) is 19.9 Å². The first-order valence-electron chi connectivity index (χ1n) is 6.74. The molecule has 0 heterocycles. The molecule has 104 valence electrons. The predicted octanol–water partition coefficient (Wildman–Crippen LogP) is 3.59. The van der Waals surface area contributed by atoms with Crippen molar-refractivity contribution in [3.63, 3.8) is 0 Å². The Bertz CT molecular complexity index is 456. The molecule has 0 aliphatic heterocycles. The Balaban J connectivity index is 2.05. The number of anilines is 1. The lowest BCUT2D eigenvalue weighted by molar-refractivity contribution is -0.384. The zero-order chi connectivity index (χ0) is 13.8. The number of hydrogen-bond donors (Lipinski definition) is 1. The van der Waals surface area contributed by atoms with Crippen LogP contribution in [0.2, 0.25) is 0 Å². The SMILES string of the molecule is CC(C)Oc1cc(NCCC2CC2)cc([N+](=O)[O-])c1. The first kappa shape index (κ1) is 13.6. The molecule has 5 heteroatoms. The third-order valence-electron chi connectivity index (χ3n) is 3.05. The second-order valence-corrected chi connectivity index (χ2v) is 5.30. The highest BCUT2D eigenvalue weighted by Crippen LogP contribution is 2.32. The third kappa shape index (κ3) is 4.43. The van der Waals surface area contributed by atoms with Crippen LogP contribution < -0.4 is 10.1 Å². The van der Waals surface area contributed by atoms with E-state index < -0.39 is 0 Å². The van der Waals surface area contributed by atoms with Crippen LogP contribution in [0.1, 0.15) is 33.1 Å². The fourth-order valence-electron chi connectivity index (χ4n) is 1.96. The number of nitro groups is 1. The normalized spacial score (nSPS) is 14.5. The van der Waals surface area contributed by atoms with Crippen LogP contribution in [0, 0.1) is 16.0 Å². The highest BCUT2D eigenvalue weighted by atomic mass is 16.6. The molecule has 0 bridgehead atoms. The fourth-order valence-corrected chi connectivity index (χ4v) is 1.96. The summed E-state index contributed by atoms with van der Waals surface area (Å²) in [5, 5.41) is 14.1. The van der Waals surface area contributed by atoms with Crippen molar-refractivity contribution in [1.29, 1.82) is 0 Å². The van der Waals surface area contributed by atoms with Crippen molar-refractivity contribution in [3.05, 3.63) is 28.3 Å². The zero-order valence-corrected chi connectivity index (χ0v) is 11.4. The molecule has 1 aromatic carbocycles. The maximum absolute atomic E-state index is 10.9. The molecule has 0 unspecified atom stereocenters. The molecule has 0 amide bonds. The lowest BCUT2D eigenvalue weighted by atomic mass is 10.2. The Kier molecular flexibility index (Phi) is 4.24. The topological polar surface area (TPSA) is 64.4 Å². The van der Waals surface area contributed by atoms with Gasteiger partial charge in [0.1, 0.15) is 5.75 Å². The number of benzene rings is 1. The minimum absolute atomic E-state index is 0.00122. The maximum Gasteiger partial charge on any atom is 0.275 e. The van der Waals surface area contributed by atoms with Gasteiger partial charge in [-0.2, -0.15) is 0 Å². The predicted molar refractivity (Wildman–Crippen MR) is 74.7 cm³/mol. The first-order chi connectivity index (χ1) is 9.04. The highest BCUT2D eigenvalue weighted by Gasteiger charge is 2.20. The molecule has 1 saturated carbocycles. The molecule has 1 aliphatic carbocycles. The smallest absolute Gasteiger partial charge is 0.275 e. The van der Waals surface area contributed by atoms with Gasteiger partial charge in [0.15, 0.2) is 0 Å². The molecular weight excluding hydrogens is 244 g/mol. The number of rotatable bonds is 7. The van der Waals surface area contributed by atoms with E-state index in [-0.39, 0.29) is 16.7 Å². The minimum atomic E-state index is -0.390. The van der Waals surface area contributed by atoms with Crippen molar-refractivity contribution in [3.8, 4) is 5.75 Å². The molecule has 0 saturated heterocycles. The first-order valence-corrected chi connectivity index (χ1v) is 6.74. The molecule has 0 aromatic heterocycles. The highest BCUT2D eigenvalue weighted by molar-refractivity contribution is 5.56. The van der Waals surface area contributed by atoms with Gasteiger partial charge in [-0.15, -0.1) is 0 Å². The van der Waals surface area contributed by atoms with Crippen molar-refractivity contribution in [2.45, 2.75) is 39.2 Å². The Morgan fingerprint density at radius 1 is 1.42 bits per heavy atom. The van der Waals surface area contributed by atoms with Crippen LogP contribution in [0.25, 0.3) is 0 Å². The van der Waals surface area contributed by atoms with Crippen LogP contribution in [0.3, 0.4) is 0 Å². The average molecular weight is 264 g/mol. The van der Waals surface area contributed by atoms with Crippen LogP contribution in [0.15, 0.2) is 18.2 Å². The van der Waals surface area contributed by atoms with E-state index in [4.69, 9.17) is 4.74 Å². The van der Waals surface area contributed by atoms with E-state index in [0.29, 0.717) is 5.75 Å². The number of non-ortho nitro benzene ring substituents is 1. The molecule has 1 aromatic rings. The summed E-state index contributed by atoms with van der Waals surface area (Å²) in [5.41, 5.74) is 0.817. The van der Waals surface area contributed by atoms with E-state index in [2.05, 4.69) is 5.32 Å². The van der Waals surface area contributed by atoms with E-state index in [1.54, 1.807) is 6.07 Å². The van der Waals surface area contributed by atoms with Crippen molar-refractivity contribution in [2.75, 3.05) is 11.9 Å². The molecule has 0 atom stereocenters. The molecule has 1 fully saturated rings. The summed E-state index contributed by atoms with van der Waals surface area (Å²) in [7, 11) is 0. The molecule has 1 N–H and O–H groups in total. The number of nitrogens with one attached hydrogen (secondary N) is 1. The van der Waals surface area contributed by atoms with E-state index in [9.17, 15) is 10.1 Å². The van der Waals surface area contributed by atoms with Gasteiger partial charge in [-0.25, -0.2) is 0 Å². The second kappa shape index (κ2) is 5.91. The van der Waals surface area contributed by atoms with Crippen LogP contribution in [0.4, 0.5) is 11.4 Å². The van der Waals surface area contributed by atoms with Crippen molar-refractivity contribution < 1.29 is 9.66 Å². The van der Waals surface area contributed by atoms with Gasteiger partial charge < -0.3 is 10.1 Å². The number of ether oxygens (including phenoxy) is 1. The van der Waals surface area contributed by atoms with Gasteiger partial charge in [0, 0.05) is 24.4 Å². The van der Waals surface area contributed by atoms with E-state index in [1.165, 1.54) is 18.9 Å². The monoisotopic (exact) mass is 264 g/mol. The van der Waals surface area contributed by atoms with E-state index in [0.717, 1.165) is 24.6 Å². The number of nitrogens with zero attached hydrogens (tertiary/aromatic N) is 1. The van der Waals surface area contributed by atoms with Gasteiger partial charge >= 0.3 is 0 Å². The summed E-state index contributed by atoms with van der Waals surface area (Å²) < 4.78 is 5.54. The molecule has 2 rings (SSSR count). The van der Waals surface area contributed by atoms with Crippen LogP contribution in [-0.2, 0) is 0 Å². The standard InChI is InChI=1S/C14H20N2O3/c1-10(2)19-14-8-12(7-13(9-14)16(17)18)15-6-5-11-3-4-11/h7-11,15H,3-6H2,1-2H3. The van der Waals surface area contributed by atoms with Crippen LogP contribution >= 0.6 is 0 Å². The van der Waals surface area contributed by atoms with Crippen molar-refractivity contribution in [1.82, 2.24) is 0 Å². The Labute approximate surface area is 113 Å². The van der Waals surface area contributed by atoms with Gasteiger partial charge in [0.05, 0.1) is 17.1 Å². The summed E-state index contributed by atoms with van der Waals surface area (Å²) in [6.45, 7) is 4.66. The molecule has 0 radical (unpaired) electrons. The summed E-state index contributed by atoms with van der Waals surface area (Å²) in [6.07, 6.45) is 3.76. The summed E-state index contributed by atoms with van der Waals surface area (Å²) in [4.78, 5) is 10.5. The zero-order valence-electron chi connectivity index (χ0n) is 11.4.